The van der Waals surface area contributed by atoms with Crippen molar-refractivity contribution >= 4 is 7.82 Å². The summed E-state index contributed by atoms with van der Waals surface area (Å²) in [5.74, 6) is 0. The summed E-state index contributed by atoms with van der Waals surface area (Å²) >= 11 is 0. The first-order valence-corrected chi connectivity index (χ1v) is 15.4. The molecule has 7 heteroatoms. The molecule has 0 unspecified atom stereocenters. The average Bonchev–Trinajstić information content (AvgIpc) is 2.77. The number of ether oxygens (including phenoxy) is 2. The Morgan fingerprint density at radius 2 is 0.848 bits per heavy atom. The molecule has 0 heterocycles. The molecule has 0 radical (unpaired) electrons. The maximum atomic E-state index is 11.1. The first kappa shape index (κ1) is 33.0. The molecule has 0 aromatic rings. The van der Waals surface area contributed by atoms with Crippen molar-refractivity contribution in [1.29, 1.82) is 0 Å². The van der Waals surface area contributed by atoms with Gasteiger partial charge in [-0.1, -0.05) is 123 Å². The van der Waals surface area contributed by atoms with E-state index in [4.69, 9.17) is 23.8 Å². The number of hydrogen-bond donors (Lipinski definition) is 2. The van der Waals surface area contributed by atoms with Gasteiger partial charge in [-0.15, -0.1) is 0 Å². The van der Waals surface area contributed by atoms with Gasteiger partial charge in [-0.2, -0.15) is 0 Å². The Morgan fingerprint density at radius 1 is 0.545 bits per heavy atom. The van der Waals surface area contributed by atoms with E-state index in [1.807, 2.05) is 0 Å². The molecule has 0 amide bonds. The number of phosphoric acid groups is 1. The van der Waals surface area contributed by atoms with Crippen LogP contribution in [0.2, 0.25) is 0 Å². The SMILES string of the molecule is CCCCCCCCCCCCCCCCCCOC[C@@H](COCCCCC)OP(=O)(O)O. The largest absolute Gasteiger partial charge is 0.470 e. The lowest BCUT2D eigenvalue weighted by Gasteiger charge is -2.18. The second-order valence-corrected chi connectivity index (χ2v) is 10.6. The smallest absolute Gasteiger partial charge is 0.379 e. The third-order valence-electron chi connectivity index (χ3n) is 5.93. The Labute approximate surface area is 204 Å². The minimum atomic E-state index is -4.54. The molecule has 33 heavy (non-hydrogen) atoms. The van der Waals surface area contributed by atoms with Gasteiger partial charge in [-0.3, -0.25) is 4.52 Å². The summed E-state index contributed by atoms with van der Waals surface area (Å²) in [6.45, 7) is 5.86. The van der Waals surface area contributed by atoms with Crippen LogP contribution in [0, 0.1) is 0 Å². The summed E-state index contributed by atoms with van der Waals surface area (Å²) in [5, 5.41) is 0. The predicted molar refractivity (Wildman–Crippen MR) is 138 cm³/mol. The molecule has 6 nitrogen and oxygen atoms in total. The van der Waals surface area contributed by atoms with E-state index in [1.54, 1.807) is 0 Å². The van der Waals surface area contributed by atoms with Gasteiger partial charge < -0.3 is 19.3 Å². The van der Waals surface area contributed by atoms with Crippen LogP contribution in [-0.4, -0.2) is 42.3 Å². The topological polar surface area (TPSA) is 85.2 Å². The molecule has 0 spiro atoms. The van der Waals surface area contributed by atoms with Crippen LogP contribution in [0.25, 0.3) is 0 Å². The normalized spacial score (nSPS) is 13.0. The molecule has 0 aliphatic carbocycles. The van der Waals surface area contributed by atoms with Gasteiger partial charge in [0.15, 0.2) is 0 Å². The minimum absolute atomic E-state index is 0.147. The highest BCUT2D eigenvalue weighted by molar-refractivity contribution is 7.46. The zero-order valence-corrected chi connectivity index (χ0v) is 22.7. The van der Waals surface area contributed by atoms with E-state index in [2.05, 4.69) is 13.8 Å². The van der Waals surface area contributed by atoms with Crippen molar-refractivity contribution < 1.29 is 28.3 Å². The number of hydrogen-bond acceptors (Lipinski definition) is 4. The second-order valence-electron chi connectivity index (χ2n) is 9.38. The predicted octanol–water partition coefficient (Wildman–Crippen LogP) is 7.95. The molecule has 0 bridgehead atoms. The fraction of sp³-hybridized carbons (Fsp3) is 1.00. The van der Waals surface area contributed by atoms with Crippen molar-refractivity contribution in [2.45, 2.75) is 142 Å². The van der Waals surface area contributed by atoms with Gasteiger partial charge in [0, 0.05) is 13.2 Å². The molecular weight excluding hydrogens is 439 g/mol. The van der Waals surface area contributed by atoms with Gasteiger partial charge in [-0.25, -0.2) is 4.57 Å². The van der Waals surface area contributed by atoms with Crippen LogP contribution in [0.3, 0.4) is 0 Å². The van der Waals surface area contributed by atoms with Crippen LogP contribution in [0.1, 0.15) is 136 Å². The molecule has 0 aromatic carbocycles. The highest BCUT2D eigenvalue weighted by Gasteiger charge is 2.22. The first-order chi connectivity index (χ1) is 16.0. The molecule has 1 atom stereocenters. The summed E-state index contributed by atoms with van der Waals surface area (Å²) in [5.41, 5.74) is 0. The highest BCUT2D eigenvalue weighted by Crippen LogP contribution is 2.37. The second kappa shape index (κ2) is 25.1. The van der Waals surface area contributed by atoms with E-state index in [-0.39, 0.29) is 13.2 Å². The van der Waals surface area contributed by atoms with Crippen LogP contribution in [0.15, 0.2) is 0 Å². The van der Waals surface area contributed by atoms with Crippen molar-refractivity contribution in [1.82, 2.24) is 0 Å². The van der Waals surface area contributed by atoms with E-state index in [1.165, 1.54) is 89.9 Å². The Hall–Kier alpha value is 0.0300. The summed E-state index contributed by atoms with van der Waals surface area (Å²) in [6, 6.07) is 0. The Balaban J connectivity index is 3.47. The maximum Gasteiger partial charge on any atom is 0.470 e. The third-order valence-corrected chi connectivity index (χ3v) is 6.50. The standard InChI is InChI=1S/C26H55O6P/c1-3-5-7-8-9-10-11-12-13-14-15-16-17-18-19-21-23-31-25-26(32-33(27,28)29)24-30-22-20-6-4-2/h26H,3-25H2,1-2H3,(H2,27,28,29)/t26-/m1/s1. The quantitative estimate of drug-likeness (QED) is 0.0890. The van der Waals surface area contributed by atoms with E-state index in [0.29, 0.717) is 13.2 Å². The first-order valence-electron chi connectivity index (χ1n) is 13.9. The van der Waals surface area contributed by atoms with Crippen molar-refractivity contribution in [2.24, 2.45) is 0 Å². The lowest BCUT2D eigenvalue weighted by Crippen LogP contribution is -2.25. The van der Waals surface area contributed by atoms with Gasteiger partial charge in [0.2, 0.25) is 0 Å². The lowest BCUT2D eigenvalue weighted by atomic mass is 10.0. The van der Waals surface area contributed by atoms with Crippen molar-refractivity contribution in [3.8, 4) is 0 Å². The maximum absolute atomic E-state index is 11.1. The van der Waals surface area contributed by atoms with Gasteiger partial charge >= 0.3 is 7.82 Å². The number of phosphoric ester groups is 1. The van der Waals surface area contributed by atoms with Crippen LogP contribution in [0.5, 0.6) is 0 Å². The molecule has 0 rings (SSSR count). The Bertz CT molecular complexity index is 429. The van der Waals surface area contributed by atoms with Gasteiger partial charge in [-0.05, 0) is 12.8 Å². The molecule has 0 aromatic heterocycles. The highest BCUT2D eigenvalue weighted by atomic mass is 31.2. The van der Waals surface area contributed by atoms with E-state index < -0.39 is 13.9 Å². The Kier molecular flexibility index (Phi) is 25.2. The molecule has 0 aliphatic rings. The van der Waals surface area contributed by atoms with Gasteiger partial charge in [0.25, 0.3) is 0 Å². The van der Waals surface area contributed by atoms with Crippen molar-refractivity contribution in [3.05, 3.63) is 0 Å². The minimum Gasteiger partial charge on any atom is -0.379 e. The molecule has 0 saturated heterocycles. The molecule has 0 fully saturated rings. The van der Waals surface area contributed by atoms with E-state index >= 15 is 0 Å². The van der Waals surface area contributed by atoms with E-state index in [0.717, 1.165) is 32.1 Å². The van der Waals surface area contributed by atoms with Crippen LogP contribution in [-0.2, 0) is 18.6 Å². The fourth-order valence-corrected chi connectivity index (χ4v) is 4.45. The zero-order valence-electron chi connectivity index (χ0n) is 21.8. The summed E-state index contributed by atoms with van der Waals surface area (Å²) in [4.78, 5) is 18.1. The summed E-state index contributed by atoms with van der Waals surface area (Å²) < 4.78 is 27.0. The van der Waals surface area contributed by atoms with Gasteiger partial charge in [0.05, 0.1) is 13.2 Å². The molecule has 200 valence electrons. The van der Waals surface area contributed by atoms with Crippen LogP contribution in [0.4, 0.5) is 0 Å². The van der Waals surface area contributed by atoms with Crippen molar-refractivity contribution in [2.75, 3.05) is 26.4 Å². The van der Waals surface area contributed by atoms with Crippen LogP contribution < -0.4 is 0 Å². The average molecular weight is 495 g/mol. The summed E-state index contributed by atoms with van der Waals surface area (Å²) in [6.07, 6.45) is 23.7. The Morgan fingerprint density at radius 3 is 1.21 bits per heavy atom. The fourth-order valence-electron chi connectivity index (χ4n) is 3.94. The molecular formula is C26H55O6P. The zero-order chi connectivity index (χ0) is 24.5. The number of rotatable bonds is 27. The lowest BCUT2D eigenvalue weighted by molar-refractivity contribution is -0.0194. The van der Waals surface area contributed by atoms with Crippen LogP contribution >= 0.6 is 7.82 Å². The monoisotopic (exact) mass is 494 g/mol. The molecule has 2 N–H and O–H groups in total. The summed E-state index contributed by atoms with van der Waals surface area (Å²) in [7, 11) is -4.54. The van der Waals surface area contributed by atoms with Crippen molar-refractivity contribution in [3.63, 3.8) is 0 Å². The van der Waals surface area contributed by atoms with E-state index in [9.17, 15) is 4.57 Å². The number of unbranched alkanes of at least 4 members (excludes halogenated alkanes) is 17. The third kappa shape index (κ3) is 28.2. The molecule has 0 aliphatic heterocycles. The van der Waals surface area contributed by atoms with Gasteiger partial charge in [0.1, 0.15) is 6.10 Å². The molecule has 0 saturated carbocycles.